The van der Waals surface area contributed by atoms with Gasteiger partial charge in [0.1, 0.15) is 5.82 Å². The summed E-state index contributed by atoms with van der Waals surface area (Å²) in [6.07, 6.45) is 3.82. The summed E-state index contributed by atoms with van der Waals surface area (Å²) in [6, 6.07) is 1.83. The van der Waals surface area contributed by atoms with Crippen molar-refractivity contribution < 1.29 is 14.2 Å². The van der Waals surface area contributed by atoms with Gasteiger partial charge in [-0.15, -0.1) is 0 Å². The van der Waals surface area contributed by atoms with Crippen molar-refractivity contribution in [2.45, 2.75) is 24.9 Å². The Kier molecular flexibility index (Phi) is 9.94. The highest BCUT2D eigenvalue weighted by molar-refractivity contribution is 7.98. The average molecular weight is 315 g/mol. The first-order valence-corrected chi connectivity index (χ1v) is 8.39. The van der Waals surface area contributed by atoms with Crippen molar-refractivity contribution in [3.8, 4) is 5.88 Å². The number of hydrogen-bond donors (Lipinski definition) is 1. The van der Waals surface area contributed by atoms with Gasteiger partial charge in [-0.05, 0) is 12.7 Å². The molecule has 21 heavy (non-hydrogen) atoms. The molecule has 0 aliphatic heterocycles. The highest BCUT2D eigenvalue weighted by Crippen LogP contribution is 2.19. The number of methoxy groups -OCH3 is 1. The monoisotopic (exact) mass is 315 g/mol. The van der Waals surface area contributed by atoms with E-state index in [1.165, 1.54) is 11.8 Å². The van der Waals surface area contributed by atoms with Gasteiger partial charge in [0.05, 0.1) is 19.8 Å². The molecule has 0 aromatic carbocycles. The molecule has 1 aromatic rings. The lowest BCUT2D eigenvalue weighted by Crippen LogP contribution is -2.08. The van der Waals surface area contributed by atoms with Crippen LogP contribution in [0.25, 0.3) is 0 Å². The quantitative estimate of drug-likeness (QED) is 0.361. The maximum Gasteiger partial charge on any atom is 0.219 e. The third-order valence-corrected chi connectivity index (χ3v) is 3.08. The second-order valence-electron chi connectivity index (χ2n) is 4.31. The highest BCUT2D eigenvalue weighted by Gasteiger charge is 2.04. The van der Waals surface area contributed by atoms with Crippen molar-refractivity contribution in [2.75, 3.05) is 51.7 Å². The molecule has 1 heterocycles. The Morgan fingerprint density at radius 2 is 2.05 bits per heavy atom. The Morgan fingerprint density at radius 3 is 2.76 bits per heavy atom. The van der Waals surface area contributed by atoms with E-state index < -0.39 is 0 Å². The molecule has 1 rings (SSSR count). The molecule has 0 aliphatic carbocycles. The van der Waals surface area contributed by atoms with Crippen LogP contribution in [0.2, 0.25) is 0 Å². The molecule has 0 amide bonds. The van der Waals surface area contributed by atoms with Gasteiger partial charge < -0.3 is 19.5 Å². The van der Waals surface area contributed by atoms with Crippen LogP contribution in [0.1, 0.15) is 19.8 Å². The molecule has 0 fully saturated rings. The van der Waals surface area contributed by atoms with Crippen LogP contribution < -0.4 is 10.1 Å². The van der Waals surface area contributed by atoms with Crippen LogP contribution in [0, 0.1) is 0 Å². The van der Waals surface area contributed by atoms with E-state index in [0.717, 1.165) is 25.2 Å². The summed E-state index contributed by atoms with van der Waals surface area (Å²) in [5.41, 5.74) is 0. The van der Waals surface area contributed by atoms with Crippen molar-refractivity contribution in [1.29, 1.82) is 0 Å². The third kappa shape index (κ3) is 8.08. The number of ether oxygens (including phenoxy) is 3. The predicted octanol–water partition coefficient (Wildman–Crippen LogP) is 2.45. The molecule has 0 atom stereocenters. The smallest absolute Gasteiger partial charge is 0.219 e. The number of hydrogen-bond acceptors (Lipinski definition) is 7. The minimum absolute atomic E-state index is 0.574. The molecule has 0 aliphatic rings. The van der Waals surface area contributed by atoms with Gasteiger partial charge in [-0.2, -0.15) is 4.98 Å². The first-order valence-electron chi connectivity index (χ1n) is 7.16. The summed E-state index contributed by atoms with van der Waals surface area (Å²) in [4.78, 5) is 8.73. The van der Waals surface area contributed by atoms with E-state index >= 15 is 0 Å². The first kappa shape index (κ1) is 18.0. The van der Waals surface area contributed by atoms with Gasteiger partial charge in [-0.3, -0.25) is 0 Å². The Morgan fingerprint density at radius 1 is 1.19 bits per heavy atom. The zero-order valence-electron chi connectivity index (χ0n) is 13.1. The summed E-state index contributed by atoms with van der Waals surface area (Å²) in [7, 11) is 1.66. The van der Waals surface area contributed by atoms with Gasteiger partial charge in [0.2, 0.25) is 5.88 Å². The maximum atomic E-state index is 5.66. The van der Waals surface area contributed by atoms with E-state index in [1.54, 1.807) is 7.11 Å². The van der Waals surface area contributed by atoms with Crippen LogP contribution >= 0.6 is 11.8 Å². The van der Waals surface area contributed by atoms with Crippen LogP contribution in [0.15, 0.2) is 11.2 Å². The molecule has 120 valence electrons. The van der Waals surface area contributed by atoms with Crippen LogP contribution in [-0.2, 0) is 9.47 Å². The highest BCUT2D eigenvalue weighted by atomic mass is 32.2. The molecule has 1 aromatic heterocycles. The summed E-state index contributed by atoms with van der Waals surface area (Å²) in [6.45, 7) is 5.47. The van der Waals surface area contributed by atoms with E-state index in [0.29, 0.717) is 37.5 Å². The standard InChI is InChI=1S/C14H25N3O3S/c1-4-6-15-12-11-13(17-14(16-12)21-3)20-8-5-7-19-10-9-18-2/h11H,4-10H2,1-3H3,(H,15,16,17). The Hall–Kier alpha value is -1.05. The van der Waals surface area contributed by atoms with Gasteiger partial charge in [0, 0.05) is 32.7 Å². The van der Waals surface area contributed by atoms with Gasteiger partial charge in [0.25, 0.3) is 0 Å². The second-order valence-corrected chi connectivity index (χ2v) is 5.09. The normalized spacial score (nSPS) is 10.6. The molecular weight excluding hydrogens is 290 g/mol. The average Bonchev–Trinajstić information content (AvgIpc) is 2.51. The lowest BCUT2D eigenvalue weighted by molar-refractivity contribution is 0.0641. The number of nitrogens with one attached hydrogen (secondary N) is 1. The van der Waals surface area contributed by atoms with Crippen molar-refractivity contribution in [1.82, 2.24) is 9.97 Å². The maximum absolute atomic E-state index is 5.66. The molecule has 0 saturated heterocycles. The Bertz CT molecular complexity index is 394. The number of aromatic nitrogens is 2. The number of nitrogens with zero attached hydrogens (tertiary/aromatic N) is 2. The van der Waals surface area contributed by atoms with Crippen LogP contribution in [0.4, 0.5) is 5.82 Å². The van der Waals surface area contributed by atoms with Crippen LogP contribution in [-0.4, -0.2) is 56.3 Å². The zero-order valence-corrected chi connectivity index (χ0v) is 13.9. The molecule has 0 saturated carbocycles. The Labute approximate surface area is 131 Å². The SMILES string of the molecule is CCCNc1cc(OCCCOCCOC)nc(SC)n1. The van der Waals surface area contributed by atoms with E-state index in [1.807, 2.05) is 12.3 Å². The molecule has 7 heteroatoms. The molecule has 0 radical (unpaired) electrons. The second kappa shape index (κ2) is 11.6. The van der Waals surface area contributed by atoms with E-state index in [-0.39, 0.29) is 0 Å². The minimum Gasteiger partial charge on any atom is -0.477 e. The van der Waals surface area contributed by atoms with Crippen molar-refractivity contribution in [3.63, 3.8) is 0 Å². The first-order chi connectivity index (χ1) is 10.3. The molecule has 0 unspecified atom stereocenters. The molecule has 0 bridgehead atoms. The molecule has 6 nitrogen and oxygen atoms in total. The van der Waals surface area contributed by atoms with Crippen LogP contribution in [0.3, 0.4) is 0 Å². The number of rotatable bonds is 12. The van der Waals surface area contributed by atoms with Gasteiger partial charge in [-0.1, -0.05) is 18.7 Å². The minimum atomic E-state index is 0.574. The van der Waals surface area contributed by atoms with E-state index in [2.05, 4.69) is 22.2 Å². The largest absolute Gasteiger partial charge is 0.477 e. The van der Waals surface area contributed by atoms with Crippen molar-refractivity contribution >= 4 is 17.6 Å². The fraction of sp³-hybridized carbons (Fsp3) is 0.714. The predicted molar refractivity (Wildman–Crippen MR) is 85.4 cm³/mol. The summed E-state index contributed by atoms with van der Waals surface area (Å²) < 4.78 is 15.9. The molecular formula is C14H25N3O3S. The number of thioether (sulfide) groups is 1. The van der Waals surface area contributed by atoms with Crippen molar-refractivity contribution in [2.24, 2.45) is 0 Å². The molecule has 1 N–H and O–H groups in total. The third-order valence-electron chi connectivity index (χ3n) is 2.54. The van der Waals surface area contributed by atoms with Crippen LogP contribution in [0.5, 0.6) is 5.88 Å². The fourth-order valence-electron chi connectivity index (χ4n) is 1.49. The van der Waals surface area contributed by atoms with E-state index in [4.69, 9.17) is 14.2 Å². The van der Waals surface area contributed by atoms with Gasteiger partial charge in [0.15, 0.2) is 5.16 Å². The summed E-state index contributed by atoms with van der Waals surface area (Å²) >= 11 is 1.50. The lowest BCUT2D eigenvalue weighted by Gasteiger charge is -2.10. The zero-order chi connectivity index (χ0) is 15.3. The van der Waals surface area contributed by atoms with Gasteiger partial charge in [-0.25, -0.2) is 4.98 Å². The summed E-state index contributed by atoms with van der Waals surface area (Å²) in [5, 5.41) is 3.96. The Balaban J connectivity index is 2.35. The van der Waals surface area contributed by atoms with Crippen molar-refractivity contribution in [3.05, 3.63) is 6.07 Å². The topological polar surface area (TPSA) is 65.5 Å². The summed E-state index contributed by atoms with van der Waals surface area (Å²) in [5.74, 6) is 1.41. The van der Waals surface area contributed by atoms with E-state index in [9.17, 15) is 0 Å². The van der Waals surface area contributed by atoms with Gasteiger partial charge >= 0.3 is 0 Å². The molecule has 0 spiro atoms. The number of anilines is 1. The fourth-order valence-corrected chi connectivity index (χ4v) is 1.87. The lowest BCUT2D eigenvalue weighted by atomic mass is 10.4.